The van der Waals surface area contributed by atoms with Crippen LogP contribution in [-0.4, -0.2) is 37.0 Å². The first-order valence-electron chi connectivity index (χ1n) is 6.50. The number of hydrogen-bond acceptors (Lipinski definition) is 2. The number of carbonyl (C=O) groups is 1. The summed E-state index contributed by atoms with van der Waals surface area (Å²) in [5.74, 6) is 1.81. The van der Waals surface area contributed by atoms with Gasteiger partial charge in [0.15, 0.2) is 0 Å². The Labute approximate surface area is 99.6 Å². The molecule has 0 aromatic carbocycles. The molecule has 0 aliphatic carbocycles. The van der Waals surface area contributed by atoms with Gasteiger partial charge in [-0.3, -0.25) is 4.79 Å². The highest BCUT2D eigenvalue weighted by atomic mass is 16.2. The third-order valence-corrected chi connectivity index (χ3v) is 3.08. The van der Waals surface area contributed by atoms with Gasteiger partial charge in [0.1, 0.15) is 0 Å². The van der Waals surface area contributed by atoms with Crippen molar-refractivity contribution in [2.24, 2.45) is 17.8 Å². The van der Waals surface area contributed by atoms with Crippen molar-refractivity contribution in [3.05, 3.63) is 0 Å². The van der Waals surface area contributed by atoms with Crippen molar-refractivity contribution >= 4 is 5.91 Å². The average Bonchev–Trinajstić information content (AvgIpc) is 2.64. The lowest BCUT2D eigenvalue weighted by atomic mass is 10.1. The number of amides is 1. The molecule has 0 bridgehead atoms. The maximum absolute atomic E-state index is 11.8. The molecule has 1 unspecified atom stereocenters. The summed E-state index contributed by atoms with van der Waals surface area (Å²) in [6, 6.07) is 0. The number of nitrogens with zero attached hydrogens (tertiary/aromatic N) is 1. The van der Waals surface area contributed by atoms with Crippen LogP contribution >= 0.6 is 0 Å². The van der Waals surface area contributed by atoms with Gasteiger partial charge in [0.2, 0.25) is 5.91 Å². The van der Waals surface area contributed by atoms with Gasteiger partial charge in [-0.05, 0) is 31.3 Å². The summed E-state index contributed by atoms with van der Waals surface area (Å²) >= 11 is 0. The fourth-order valence-electron chi connectivity index (χ4n) is 2.14. The lowest BCUT2D eigenvalue weighted by Gasteiger charge is -2.19. The molecule has 0 saturated carbocycles. The van der Waals surface area contributed by atoms with E-state index >= 15 is 0 Å². The smallest absolute Gasteiger partial charge is 0.225 e. The summed E-state index contributed by atoms with van der Waals surface area (Å²) in [5.41, 5.74) is 0. The third kappa shape index (κ3) is 4.12. The lowest BCUT2D eigenvalue weighted by Crippen LogP contribution is -2.34. The molecule has 1 amide bonds. The van der Waals surface area contributed by atoms with Gasteiger partial charge in [-0.15, -0.1) is 0 Å². The first-order chi connectivity index (χ1) is 7.50. The van der Waals surface area contributed by atoms with Gasteiger partial charge >= 0.3 is 0 Å². The standard InChI is InChI=1S/C13H26N2O/c1-10(2)7-14-8-12-5-6-15(9-12)13(16)11(3)4/h10-12,14H,5-9H2,1-4H3. The van der Waals surface area contributed by atoms with Gasteiger partial charge in [-0.1, -0.05) is 27.7 Å². The van der Waals surface area contributed by atoms with Crippen LogP contribution in [0.2, 0.25) is 0 Å². The van der Waals surface area contributed by atoms with Crippen molar-refractivity contribution in [2.75, 3.05) is 26.2 Å². The first kappa shape index (κ1) is 13.5. The minimum absolute atomic E-state index is 0.141. The molecule has 1 aliphatic heterocycles. The highest BCUT2D eigenvalue weighted by molar-refractivity contribution is 5.78. The second-order valence-electron chi connectivity index (χ2n) is 5.65. The Morgan fingerprint density at radius 1 is 1.38 bits per heavy atom. The molecule has 0 radical (unpaired) electrons. The van der Waals surface area contributed by atoms with Gasteiger partial charge in [0.05, 0.1) is 0 Å². The molecule has 1 aliphatic rings. The number of nitrogens with one attached hydrogen (secondary N) is 1. The van der Waals surface area contributed by atoms with Crippen molar-refractivity contribution in [1.82, 2.24) is 10.2 Å². The van der Waals surface area contributed by atoms with Crippen molar-refractivity contribution < 1.29 is 4.79 Å². The molecule has 3 nitrogen and oxygen atoms in total. The fraction of sp³-hybridized carbons (Fsp3) is 0.923. The van der Waals surface area contributed by atoms with Crippen LogP contribution < -0.4 is 5.32 Å². The van der Waals surface area contributed by atoms with Crippen LogP contribution in [0, 0.1) is 17.8 Å². The fourth-order valence-corrected chi connectivity index (χ4v) is 2.14. The monoisotopic (exact) mass is 226 g/mol. The predicted molar refractivity (Wildman–Crippen MR) is 67.2 cm³/mol. The summed E-state index contributed by atoms with van der Waals surface area (Å²) in [5, 5.41) is 3.48. The Balaban J connectivity index is 2.22. The van der Waals surface area contributed by atoms with Gasteiger partial charge in [-0.2, -0.15) is 0 Å². The molecule has 1 heterocycles. The highest BCUT2D eigenvalue weighted by Gasteiger charge is 2.26. The quantitative estimate of drug-likeness (QED) is 0.774. The number of carbonyl (C=O) groups excluding carboxylic acids is 1. The molecule has 16 heavy (non-hydrogen) atoms. The Morgan fingerprint density at radius 2 is 2.06 bits per heavy atom. The van der Waals surface area contributed by atoms with E-state index in [0.717, 1.165) is 32.6 Å². The molecule has 3 heteroatoms. The Bertz CT molecular complexity index is 226. The summed E-state index contributed by atoms with van der Waals surface area (Å²) in [4.78, 5) is 13.8. The number of rotatable bonds is 5. The SMILES string of the molecule is CC(C)CNCC1CCN(C(=O)C(C)C)C1. The summed E-state index contributed by atoms with van der Waals surface area (Å²) in [6.45, 7) is 12.4. The van der Waals surface area contributed by atoms with Crippen LogP contribution in [0.1, 0.15) is 34.1 Å². The molecule has 1 N–H and O–H groups in total. The topological polar surface area (TPSA) is 32.3 Å². The molecule has 1 saturated heterocycles. The average molecular weight is 226 g/mol. The largest absolute Gasteiger partial charge is 0.342 e. The molecular weight excluding hydrogens is 200 g/mol. The number of hydrogen-bond donors (Lipinski definition) is 1. The van der Waals surface area contributed by atoms with Crippen LogP contribution in [0.15, 0.2) is 0 Å². The second-order valence-corrected chi connectivity index (χ2v) is 5.65. The van der Waals surface area contributed by atoms with Gasteiger partial charge in [0, 0.05) is 19.0 Å². The Hall–Kier alpha value is -0.570. The second kappa shape index (κ2) is 6.24. The van der Waals surface area contributed by atoms with Crippen LogP contribution in [0.4, 0.5) is 0 Å². The van der Waals surface area contributed by atoms with E-state index in [9.17, 15) is 4.79 Å². The zero-order valence-corrected chi connectivity index (χ0v) is 11.1. The van der Waals surface area contributed by atoms with E-state index in [1.807, 2.05) is 18.7 Å². The maximum Gasteiger partial charge on any atom is 0.225 e. The Kier molecular flexibility index (Phi) is 5.26. The minimum Gasteiger partial charge on any atom is -0.342 e. The molecule has 1 rings (SSSR count). The van der Waals surface area contributed by atoms with Crippen LogP contribution in [0.25, 0.3) is 0 Å². The van der Waals surface area contributed by atoms with Gasteiger partial charge in [0.25, 0.3) is 0 Å². The van der Waals surface area contributed by atoms with E-state index in [2.05, 4.69) is 19.2 Å². The van der Waals surface area contributed by atoms with Gasteiger partial charge < -0.3 is 10.2 Å². The van der Waals surface area contributed by atoms with E-state index in [1.54, 1.807) is 0 Å². The summed E-state index contributed by atoms with van der Waals surface area (Å²) in [7, 11) is 0. The zero-order valence-electron chi connectivity index (χ0n) is 11.1. The number of likely N-dealkylation sites (tertiary alicyclic amines) is 1. The highest BCUT2D eigenvalue weighted by Crippen LogP contribution is 2.17. The molecule has 1 fully saturated rings. The lowest BCUT2D eigenvalue weighted by molar-refractivity contribution is -0.133. The minimum atomic E-state index is 0.141. The molecule has 0 spiro atoms. The molecular formula is C13H26N2O. The van der Waals surface area contributed by atoms with Crippen molar-refractivity contribution in [2.45, 2.75) is 34.1 Å². The zero-order chi connectivity index (χ0) is 12.1. The van der Waals surface area contributed by atoms with Crippen molar-refractivity contribution in [3.8, 4) is 0 Å². The van der Waals surface area contributed by atoms with Gasteiger partial charge in [-0.25, -0.2) is 0 Å². The molecule has 1 atom stereocenters. The normalized spacial score (nSPS) is 21.1. The summed E-state index contributed by atoms with van der Waals surface area (Å²) < 4.78 is 0. The van der Waals surface area contributed by atoms with Crippen LogP contribution in [0.3, 0.4) is 0 Å². The maximum atomic E-state index is 11.8. The third-order valence-electron chi connectivity index (χ3n) is 3.08. The first-order valence-corrected chi connectivity index (χ1v) is 6.50. The van der Waals surface area contributed by atoms with Crippen molar-refractivity contribution in [1.29, 1.82) is 0 Å². The van der Waals surface area contributed by atoms with Crippen LogP contribution in [0.5, 0.6) is 0 Å². The van der Waals surface area contributed by atoms with E-state index in [0.29, 0.717) is 17.7 Å². The Morgan fingerprint density at radius 3 is 2.62 bits per heavy atom. The van der Waals surface area contributed by atoms with Crippen LogP contribution in [-0.2, 0) is 4.79 Å². The van der Waals surface area contributed by atoms with E-state index < -0.39 is 0 Å². The molecule has 0 aromatic heterocycles. The van der Waals surface area contributed by atoms with E-state index in [1.165, 1.54) is 0 Å². The summed E-state index contributed by atoms with van der Waals surface area (Å²) in [6.07, 6.45) is 1.16. The van der Waals surface area contributed by atoms with E-state index in [4.69, 9.17) is 0 Å². The van der Waals surface area contributed by atoms with E-state index in [-0.39, 0.29) is 5.92 Å². The van der Waals surface area contributed by atoms with Crippen molar-refractivity contribution in [3.63, 3.8) is 0 Å². The molecule has 0 aromatic rings. The predicted octanol–water partition coefficient (Wildman–Crippen LogP) is 1.74. The molecule has 94 valence electrons.